The molecule has 1 aromatic heterocycles. The number of hydrogen-bond acceptors (Lipinski definition) is 10. The average Bonchev–Trinajstić information content (AvgIpc) is 3.08. The van der Waals surface area contributed by atoms with E-state index in [0.29, 0.717) is 16.3 Å². The van der Waals surface area contributed by atoms with Crippen molar-refractivity contribution < 1.29 is 33.3 Å². The van der Waals surface area contributed by atoms with Gasteiger partial charge in [-0.15, -0.1) is 0 Å². The molecule has 3 heterocycles. The van der Waals surface area contributed by atoms with Gasteiger partial charge in [0.15, 0.2) is 5.76 Å². The molecule has 0 fully saturated rings. The summed E-state index contributed by atoms with van der Waals surface area (Å²) in [6.45, 7) is 2.81. The largest absolute Gasteiger partial charge is 0.465 e. The van der Waals surface area contributed by atoms with Crippen LogP contribution in [0.1, 0.15) is 30.9 Å². The standard InChI is InChI=1S/C23H23ClN2O8/c1-3-31-17(29)9-26-11-23(14-7-12(24)5-6-15(14)26)18(22(30)32-4-2)21(25)34-19-16(28)8-13(10-27)33-20(19)23/h5-8,27H,3-4,9-11,25H2,1-2H3. The Morgan fingerprint density at radius 1 is 1.24 bits per heavy atom. The summed E-state index contributed by atoms with van der Waals surface area (Å²) in [5.74, 6) is -1.93. The third kappa shape index (κ3) is 3.68. The molecular weight excluding hydrogens is 468 g/mol. The summed E-state index contributed by atoms with van der Waals surface area (Å²) < 4.78 is 21.9. The van der Waals surface area contributed by atoms with Crippen LogP contribution in [0.4, 0.5) is 5.69 Å². The molecule has 0 saturated heterocycles. The first-order chi connectivity index (χ1) is 16.3. The molecule has 3 N–H and O–H groups in total. The molecule has 1 aromatic carbocycles. The normalized spacial score (nSPS) is 18.4. The van der Waals surface area contributed by atoms with Gasteiger partial charge in [0.05, 0.1) is 13.2 Å². The molecule has 2 aliphatic heterocycles. The Bertz CT molecular complexity index is 1250. The number of fused-ring (bicyclic) bond motifs is 4. The van der Waals surface area contributed by atoms with Crippen molar-refractivity contribution in [3.63, 3.8) is 0 Å². The number of rotatable bonds is 6. The Morgan fingerprint density at radius 3 is 2.65 bits per heavy atom. The second-order valence-electron chi connectivity index (χ2n) is 7.68. The van der Waals surface area contributed by atoms with E-state index in [1.54, 1.807) is 36.9 Å². The van der Waals surface area contributed by atoms with Gasteiger partial charge in [-0.2, -0.15) is 0 Å². The third-order valence-electron chi connectivity index (χ3n) is 5.68. The highest BCUT2D eigenvalue weighted by Crippen LogP contribution is 2.54. The van der Waals surface area contributed by atoms with Gasteiger partial charge in [-0.05, 0) is 37.6 Å². The van der Waals surface area contributed by atoms with E-state index >= 15 is 0 Å². The summed E-state index contributed by atoms with van der Waals surface area (Å²) in [5, 5.41) is 10.0. The molecule has 180 valence electrons. The first-order valence-corrected chi connectivity index (χ1v) is 11.0. The zero-order valence-corrected chi connectivity index (χ0v) is 19.3. The Balaban J connectivity index is 2.04. The van der Waals surface area contributed by atoms with Crippen LogP contribution in [0.2, 0.25) is 5.02 Å². The lowest BCUT2D eigenvalue weighted by molar-refractivity contribution is -0.141. The molecule has 1 atom stereocenters. The predicted molar refractivity (Wildman–Crippen MR) is 120 cm³/mol. The molecule has 0 radical (unpaired) electrons. The number of hydrogen-bond donors (Lipinski definition) is 2. The van der Waals surface area contributed by atoms with Crippen LogP contribution in [-0.2, 0) is 31.1 Å². The van der Waals surface area contributed by atoms with Crippen molar-refractivity contribution in [1.82, 2.24) is 0 Å². The zero-order chi connectivity index (χ0) is 24.6. The number of aliphatic hydroxyl groups is 1. The van der Waals surface area contributed by atoms with Crippen molar-refractivity contribution in [3.8, 4) is 5.75 Å². The van der Waals surface area contributed by atoms with E-state index in [2.05, 4.69) is 0 Å². The van der Waals surface area contributed by atoms with Gasteiger partial charge >= 0.3 is 11.9 Å². The monoisotopic (exact) mass is 490 g/mol. The summed E-state index contributed by atoms with van der Waals surface area (Å²) in [6.07, 6.45) is 0. The van der Waals surface area contributed by atoms with E-state index in [1.165, 1.54) is 0 Å². The van der Waals surface area contributed by atoms with Gasteiger partial charge in [0.2, 0.25) is 17.1 Å². The summed E-state index contributed by atoms with van der Waals surface area (Å²) in [4.78, 5) is 40.1. The minimum Gasteiger partial charge on any atom is -0.465 e. The predicted octanol–water partition coefficient (Wildman–Crippen LogP) is 1.58. The highest BCUT2D eigenvalue weighted by molar-refractivity contribution is 6.30. The molecule has 11 heteroatoms. The van der Waals surface area contributed by atoms with Crippen molar-refractivity contribution >= 4 is 29.2 Å². The first-order valence-electron chi connectivity index (χ1n) is 10.6. The molecule has 2 aromatic rings. The number of carbonyl (C=O) groups is 2. The Labute approximate surface area is 199 Å². The first kappa shape index (κ1) is 23.7. The SMILES string of the molecule is CCOC(=O)CN1CC2(C(C(=O)OCC)=C(N)Oc3c2oc(CO)cc3=O)c2cc(Cl)ccc21. The van der Waals surface area contributed by atoms with Gasteiger partial charge in [-0.25, -0.2) is 4.79 Å². The fourth-order valence-corrected chi connectivity index (χ4v) is 4.61. The summed E-state index contributed by atoms with van der Waals surface area (Å²) >= 11 is 6.33. The van der Waals surface area contributed by atoms with E-state index in [9.17, 15) is 19.5 Å². The van der Waals surface area contributed by atoms with Gasteiger partial charge in [-0.1, -0.05) is 11.6 Å². The van der Waals surface area contributed by atoms with Gasteiger partial charge in [0.25, 0.3) is 0 Å². The van der Waals surface area contributed by atoms with Crippen LogP contribution in [0, 0.1) is 0 Å². The molecule has 1 unspecified atom stereocenters. The number of esters is 2. The van der Waals surface area contributed by atoms with Crippen molar-refractivity contribution in [1.29, 1.82) is 0 Å². The van der Waals surface area contributed by atoms with Gasteiger partial charge in [0, 0.05) is 23.3 Å². The molecule has 0 saturated carbocycles. The molecule has 4 rings (SSSR count). The maximum Gasteiger partial charge on any atom is 0.340 e. The van der Waals surface area contributed by atoms with Crippen LogP contribution in [0.3, 0.4) is 0 Å². The van der Waals surface area contributed by atoms with E-state index in [1.807, 2.05) is 0 Å². The molecule has 10 nitrogen and oxygen atoms in total. The van der Waals surface area contributed by atoms with Crippen molar-refractivity contribution in [2.45, 2.75) is 25.9 Å². The fourth-order valence-electron chi connectivity index (χ4n) is 4.44. The summed E-state index contributed by atoms with van der Waals surface area (Å²) in [7, 11) is 0. The van der Waals surface area contributed by atoms with E-state index in [0.717, 1.165) is 6.07 Å². The molecular formula is C23H23ClN2O8. The smallest absolute Gasteiger partial charge is 0.340 e. The van der Waals surface area contributed by atoms with Crippen LogP contribution in [0.15, 0.2) is 44.9 Å². The van der Waals surface area contributed by atoms with Crippen molar-refractivity contribution in [2.75, 3.05) is 31.2 Å². The fraction of sp³-hybridized carbons (Fsp3) is 0.348. The summed E-state index contributed by atoms with van der Waals surface area (Å²) in [5.41, 5.74) is 4.99. The minimum atomic E-state index is -1.51. The zero-order valence-electron chi connectivity index (χ0n) is 18.6. The second kappa shape index (κ2) is 9.03. The van der Waals surface area contributed by atoms with E-state index in [-0.39, 0.29) is 55.0 Å². The Hall–Kier alpha value is -3.50. The lowest BCUT2D eigenvalue weighted by Gasteiger charge is -2.35. The quantitative estimate of drug-likeness (QED) is 0.573. The van der Waals surface area contributed by atoms with Crippen molar-refractivity contribution in [3.05, 3.63) is 68.1 Å². The molecule has 1 spiro atoms. The van der Waals surface area contributed by atoms with Crippen LogP contribution in [-0.4, -0.2) is 43.3 Å². The molecule has 2 aliphatic rings. The maximum atomic E-state index is 13.2. The Morgan fingerprint density at radius 2 is 1.97 bits per heavy atom. The van der Waals surface area contributed by atoms with Gasteiger partial charge in [0.1, 0.15) is 29.9 Å². The van der Waals surface area contributed by atoms with E-state index in [4.69, 9.17) is 36.0 Å². The number of aliphatic hydroxyl groups excluding tert-OH is 1. The second-order valence-corrected chi connectivity index (χ2v) is 8.12. The topological polar surface area (TPSA) is 142 Å². The van der Waals surface area contributed by atoms with Crippen LogP contribution in [0.5, 0.6) is 5.75 Å². The van der Waals surface area contributed by atoms with Crippen LogP contribution < -0.4 is 20.8 Å². The molecule has 0 aliphatic carbocycles. The van der Waals surface area contributed by atoms with E-state index < -0.39 is 29.4 Å². The van der Waals surface area contributed by atoms with Crippen LogP contribution in [0.25, 0.3) is 0 Å². The summed E-state index contributed by atoms with van der Waals surface area (Å²) in [6, 6.07) is 6.01. The lowest BCUT2D eigenvalue weighted by atomic mass is 9.72. The molecule has 0 bridgehead atoms. The number of nitrogens with two attached hydrogens (primary N) is 1. The lowest BCUT2D eigenvalue weighted by Crippen LogP contribution is -2.46. The molecule has 34 heavy (non-hydrogen) atoms. The number of anilines is 1. The Kier molecular flexibility index (Phi) is 6.28. The number of ether oxygens (including phenoxy) is 3. The van der Waals surface area contributed by atoms with Gasteiger partial charge < -0.3 is 34.4 Å². The maximum absolute atomic E-state index is 13.2. The number of carbonyl (C=O) groups excluding carboxylic acids is 2. The third-order valence-corrected chi connectivity index (χ3v) is 5.91. The van der Waals surface area contributed by atoms with Crippen molar-refractivity contribution in [2.24, 2.45) is 5.73 Å². The molecule has 0 amide bonds. The number of nitrogens with zero attached hydrogens (tertiary/aromatic N) is 1. The minimum absolute atomic E-state index is 0.0372. The number of halogens is 1. The highest BCUT2D eigenvalue weighted by atomic mass is 35.5. The van der Waals surface area contributed by atoms with Crippen LogP contribution >= 0.6 is 11.6 Å². The average molecular weight is 491 g/mol. The number of benzene rings is 1. The van der Waals surface area contributed by atoms with Gasteiger partial charge in [-0.3, -0.25) is 9.59 Å². The highest BCUT2D eigenvalue weighted by Gasteiger charge is 2.57.